The number of hydrogen-bond acceptors (Lipinski definition) is 3. The number of nitrogens with one attached hydrogen (secondary N) is 2. The Morgan fingerprint density at radius 2 is 2.14 bits per heavy atom. The third-order valence-corrected chi connectivity index (χ3v) is 3.01. The maximum atomic E-state index is 13.5. The monoisotopic (exact) mass is 298 g/mol. The van der Waals surface area contributed by atoms with Crippen molar-refractivity contribution >= 4 is 17.7 Å². The summed E-state index contributed by atoms with van der Waals surface area (Å²) in [5.74, 6) is -1.24. The van der Waals surface area contributed by atoms with Gasteiger partial charge >= 0.3 is 12.0 Å². The number of carboxylic acid groups (broad SMARTS) is 1. The summed E-state index contributed by atoms with van der Waals surface area (Å²) in [6.45, 7) is 2.05. The Balaban J connectivity index is 2.55. The minimum absolute atomic E-state index is 0.00173. The highest BCUT2D eigenvalue weighted by atomic mass is 19.1. The van der Waals surface area contributed by atoms with Gasteiger partial charge in [0.05, 0.1) is 12.8 Å². The van der Waals surface area contributed by atoms with E-state index in [1.54, 1.807) is 0 Å². The molecule has 1 atom stereocenters. The lowest BCUT2D eigenvalue weighted by atomic mass is 10.0. The van der Waals surface area contributed by atoms with Crippen molar-refractivity contribution in [2.24, 2.45) is 5.92 Å². The van der Waals surface area contributed by atoms with E-state index in [0.29, 0.717) is 12.2 Å². The van der Waals surface area contributed by atoms with Gasteiger partial charge in [-0.1, -0.05) is 13.3 Å². The molecular weight excluding hydrogens is 279 g/mol. The number of hydrogen-bond donors (Lipinski definition) is 3. The molecular formula is C14H19FN2O4. The lowest BCUT2D eigenvalue weighted by molar-refractivity contribution is -0.138. The van der Waals surface area contributed by atoms with Gasteiger partial charge in [0.1, 0.15) is 11.6 Å². The Bertz CT molecular complexity index is 508. The summed E-state index contributed by atoms with van der Waals surface area (Å²) in [6.07, 6.45) is 0.602. The highest BCUT2D eigenvalue weighted by Crippen LogP contribution is 2.20. The van der Waals surface area contributed by atoms with Gasteiger partial charge in [0, 0.05) is 19.0 Å². The van der Waals surface area contributed by atoms with E-state index in [0.717, 1.165) is 0 Å². The fourth-order valence-corrected chi connectivity index (χ4v) is 1.74. The summed E-state index contributed by atoms with van der Waals surface area (Å²) in [4.78, 5) is 22.3. The number of rotatable bonds is 7. The number of ether oxygens (including phenoxy) is 1. The van der Waals surface area contributed by atoms with Crippen LogP contribution < -0.4 is 15.4 Å². The second-order valence-corrected chi connectivity index (χ2v) is 4.55. The van der Waals surface area contributed by atoms with E-state index in [-0.39, 0.29) is 24.6 Å². The Kier molecular flexibility index (Phi) is 6.45. The summed E-state index contributed by atoms with van der Waals surface area (Å²) < 4.78 is 18.5. The first-order valence-corrected chi connectivity index (χ1v) is 6.56. The summed E-state index contributed by atoms with van der Waals surface area (Å²) in [5.41, 5.74) is -0.00173. The van der Waals surface area contributed by atoms with Gasteiger partial charge in [-0.3, -0.25) is 4.79 Å². The highest BCUT2D eigenvalue weighted by molar-refractivity contribution is 5.89. The number of methoxy groups -OCH3 is 1. The minimum Gasteiger partial charge on any atom is -0.497 e. The number of amides is 2. The molecule has 0 fully saturated rings. The van der Waals surface area contributed by atoms with Crippen molar-refractivity contribution in [2.75, 3.05) is 19.0 Å². The molecule has 0 aliphatic rings. The van der Waals surface area contributed by atoms with Gasteiger partial charge in [-0.15, -0.1) is 0 Å². The Hall–Kier alpha value is -2.31. The van der Waals surface area contributed by atoms with Gasteiger partial charge in [-0.2, -0.15) is 0 Å². The van der Waals surface area contributed by atoms with Crippen LogP contribution in [-0.4, -0.2) is 30.8 Å². The molecule has 6 nitrogen and oxygen atoms in total. The molecule has 0 spiro atoms. The molecule has 0 heterocycles. The van der Waals surface area contributed by atoms with Gasteiger partial charge in [0.15, 0.2) is 0 Å². The normalized spacial score (nSPS) is 11.6. The molecule has 0 aromatic heterocycles. The van der Waals surface area contributed by atoms with Gasteiger partial charge in [-0.25, -0.2) is 9.18 Å². The van der Waals surface area contributed by atoms with Crippen LogP contribution in [0.4, 0.5) is 14.9 Å². The summed E-state index contributed by atoms with van der Waals surface area (Å²) in [7, 11) is 1.44. The SMILES string of the molecule is CCC(CNC(=O)Nc1cc(OC)ccc1F)CC(=O)O. The second kappa shape index (κ2) is 8.08. The van der Waals surface area contributed by atoms with E-state index >= 15 is 0 Å². The second-order valence-electron chi connectivity index (χ2n) is 4.55. The third kappa shape index (κ3) is 5.68. The topological polar surface area (TPSA) is 87.7 Å². The molecule has 0 saturated carbocycles. The molecule has 2 amide bonds. The van der Waals surface area contributed by atoms with E-state index in [4.69, 9.17) is 9.84 Å². The fraction of sp³-hybridized carbons (Fsp3) is 0.429. The predicted molar refractivity (Wildman–Crippen MR) is 76.0 cm³/mol. The summed E-state index contributed by atoms with van der Waals surface area (Å²) in [5, 5.41) is 13.6. The Morgan fingerprint density at radius 1 is 1.43 bits per heavy atom. The maximum Gasteiger partial charge on any atom is 0.319 e. The highest BCUT2D eigenvalue weighted by Gasteiger charge is 2.13. The van der Waals surface area contributed by atoms with E-state index in [9.17, 15) is 14.0 Å². The number of carbonyl (C=O) groups is 2. The Labute approximate surface area is 122 Å². The zero-order valence-corrected chi connectivity index (χ0v) is 12.0. The first kappa shape index (κ1) is 16.7. The fourth-order valence-electron chi connectivity index (χ4n) is 1.74. The zero-order valence-electron chi connectivity index (χ0n) is 12.0. The van der Waals surface area contributed by atoms with Gasteiger partial charge in [0.25, 0.3) is 0 Å². The van der Waals surface area contributed by atoms with Crippen LogP contribution in [0, 0.1) is 11.7 Å². The van der Waals surface area contributed by atoms with Crippen LogP contribution in [0.1, 0.15) is 19.8 Å². The molecule has 21 heavy (non-hydrogen) atoms. The summed E-state index contributed by atoms with van der Waals surface area (Å²) >= 11 is 0. The van der Waals surface area contributed by atoms with E-state index < -0.39 is 17.8 Å². The van der Waals surface area contributed by atoms with Crippen LogP contribution in [0.2, 0.25) is 0 Å². The van der Waals surface area contributed by atoms with Crippen LogP contribution in [0.15, 0.2) is 18.2 Å². The molecule has 3 N–H and O–H groups in total. The minimum atomic E-state index is -0.914. The average Bonchev–Trinajstić information content (AvgIpc) is 2.45. The van der Waals surface area contributed by atoms with Gasteiger partial charge in [-0.05, 0) is 18.1 Å². The van der Waals surface area contributed by atoms with E-state index in [2.05, 4.69) is 10.6 Å². The van der Waals surface area contributed by atoms with Crippen molar-refractivity contribution in [2.45, 2.75) is 19.8 Å². The number of aliphatic carboxylic acids is 1. The van der Waals surface area contributed by atoms with Gasteiger partial charge < -0.3 is 20.5 Å². The van der Waals surface area contributed by atoms with Crippen molar-refractivity contribution in [3.05, 3.63) is 24.0 Å². The van der Waals surface area contributed by atoms with Crippen LogP contribution in [0.5, 0.6) is 5.75 Å². The molecule has 0 aliphatic carbocycles. The molecule has 1 aromatic carbocycles. The van der Waals surface area contributed by atoms with Crippen molar-refractivity contribution in [3.63, 3.8) is 0 Å². The number of anilines is 1. The number of benzene rings is 1. The van der Waals surface area contributed by atoms with Crippen molar-refractivity contribution in [3.8, 4) is 5.75 Å². The summed E-state index contributed by atoms with van der Waals surface area (Å²) in [6, 6.07) is 3.40. The largest absolute Gasteiger partial charge is 0.497 e. The van der Waals surface area contributed by atoms with Crippen LogP contribution in [0.3, 0.4) is 0 Å². The molecule has 1 aromatic rings. The number of carbonyl (C=O) groups excluding carboxylic acids is 1. The van der Waals surface area contributed by atoms with E-state index in [1.807, 2.05) is 6.92 Å². The molecule has 1 rings (SSSR count). The Morgan fingerprint density at radius 3 is 2.71 bits per heavy atom. The molecule has 0 radical (unpaired) electrons. The van der Waals surface area contributed by atoms with Crippen molar-refractivity contribution < 1.29 is 23.8 Å². The van der Waals surface area contributed by atoms with Crippen molar-refractivity contribution in [1.29, 1.82) is 0 Å². The molecule has 0 bridgehead atoms. The average molecular weight is 298 g/mol. The third-order valence-electron chi connectivity index (χ3n) is 3.01. The lowest BCUT2D eigenvalue weighted by Crippen LogP contribution is -2.33. The number of urea groups is 1. The standard InChI is InChI=1S/C14H19FN2O4/c1-3-9(6-13(18)19)8-16-14(20)17-12-7-10(21-2)4-5-11(12)15/h4-5,7,9H,3,6,8H2,1-2H3,(H,18,19)(H2,16,17,20). The van der Waals surface area contributed by atoms with E-state index in [1.165, 1.54) is 25.3 Å². The quantitative estimate of drug-likeness (QED) is 0.721. The van der Waals surface area contributed by atoms with Crippen LogP contribution in [-0.2, 0) is 4.79 Å². The first-order chi connectivity index (χ1) is 9.96. The molecule has 0 aliphatic heterocycles. The zero-order chi connectivity index (χ0) is 15.8. The molecule has 7 heteroatoms. The van der Waals surface area contributed by atoms with Crippen LogP contribution >= 0.6 is 0 Å². The smallest absolute Gasteiger partial charge is 0.319 e. The molecule has 116 valence electrons. The predicted octanol–water partition coefficient (Wildman–Crippen LogP) is 2.46. The van der Waals surface area contributed by atoms with Crippen molar-refractivity contribution in [1.82, 2.24) is 5.32 Å². The first-order valence-electron chi connectivity index (χ1n) is 6.56. The van der Waals surface area contributed by atoms with Gasteiger partial charge in [0.2, 0.25) is 0 Å². The number of halogens is 1. The number of carboxylic acids is 1. The molecule has 0 saturated heterocycles. The van der Waals surface area contributed by atoms with Crippen LogP contribution in [0.25, 0.3) is 0 Å². The molecule has 1 unspecified atom stereocenters. The lowest BCUT2D eigenvalue weighted by Gasteiger charge is -2.14. The maximum absolute atomic E-state index is 13.5.